The van der Waals surface area contributed by atoms with Crippen molar-refractivity contribution >= 4 is 18.3 Å². The minimum absolute atomic E-state index is 0. The minimum Gasteiger partial charge on any atom is -0.497 e. The van der Waals surface area contributed by atoms with Crippen molar-refractivity contribution in [1.29, 1.82) is 0 Å². The lowest BCUT2D eigenvalue weighted by atomic mass is 9.96. The highest BCUT2D eigenvalue weighted by Crippen LogP contribution is 2.24. The number of ether oxygens (including phenoxy) is 2. The lowest BCUT2D eigenvalue weighted by Gasteiger charge is -2.25. The number of carbonyl (C=O) groups excluding carboxylic acids is 1. The fraction of sp³-hybridized carbons (Fsp3) is 0.632. The number of likely N-dealkylation sites (tertiary alicyclic amines) is 1. The third-order valence-corrected chi connectivity index (χ3v) is 4.71. The molecule has 1 saturated heterocycles. The van der Waals surface area contributed by atoms with E-state index in [1.54, 1.807) is 21.1 Å². The quantitative estimate of drug-likeness (QED) is 0.718. The molecule has 7 heteroatoms. The van der Waals surface area contributed by atoms with E-state index >= 15 is 0 Å². The second kappa shape index (κ2) is 10.00. The average Bonchev–Trinajstić information content (AvgIpc) is 3.01. The zero-order valence-corrected chi connectivity index (χ0v) is 17.0. The van der Waals surface area contributed by atoms with Crippen LogP contribution < -0.4 is 20.5 Å². The summed E-state index contributed by atoms with van der Waals surface area (Å²) in [4.78, 5) is 14.7. The number of nitrogens with one attached hydrogen (secondary N) is 1. The fourth-order valence-electron chi connectivity index (χ4n) is 3.29. The molecule has 2 rings (SSSR count). The molecule has 1 aromatic rings. The smallest absolute Gasteiger partial charge is 0.240 e. The Morgan fingerprint density at radius 2 is 1.92 bits per heavy atom. The molecule has 26 heavy (non-hydrogen) atoms. The fourth-order valence-corrected chi connectivity index (χ4v) is 3.29. The number of halogens is 1. The molecular formula is C19H32ClN3O3. The number of nitrogens with zero attached hydrogens (tertiary/aromatic N) is 1. The molecule has 1 aliphatic rings. The summed E-state index contributed by atoms with van der Waals surface area (Å²) in [7, 11) is 3.31. The van der Waals surface area contributed by atoms with E-state index in [0.717, 1.165) is 49.5 Å². The van der Waals surface area contributed by atoms with Gasteiger partial charge in [0.1, 0.15) is 11.5 Å². The summed E-state index contributed by atoms with van der Waals surface area (Å²) < 4.78 is 10.7. The summed E-state index contributed by atoms with van der Waals surface area (Å²) in [5.74, 6) is 1.53. The van der Waals surface area contributed by atoms with E-state index in [2.05, 4.69) is 10.2 Å². The van der Waals surface area contributed by atoms with Gasteiger partial charge in [-0.1, -0.05) is 13.3 Å². The van der Waals surface area contributed by atoms with Crippen LogP contribution in [0.25, 0.3) is 0 Å². The van der Waals surface area contributed by atoms with E-state index in [4.69, 9.17) is 15.2 Å². The zero-order chi connectivity index (χ0) is 18.4. The largest absolute Gasteiger partial charge is 0.497 e. The van der Waals surface area contributed by atoms with Crippen LogP contribution in [0.15, 0.2) is 18.2 Å². The second-order valence-corrected chi connectivity index (χ2v) is 7.08. The van der Waals surface area contributed by atoms with Gasteiger partial charge in [-0.15, -0.1) is 12.4 Å². The monoisotopic (exact) mass is 385 g/mol. The lowest BCUT2D eigenvalue weighted by Crippen LogP contribution is -2.54. The van der Waals surface area contributed by atoms with Crippen LogP contribution in [-0.4, -0.2) is 49.7 Å². The van der Waals surface area contributed by atoms with E-state index in [-0.39, 0.29) is 24.4 Å². The number of amides is 1. The topological polar surface area (TPSA) is 76.8 Å². The number of hydrogen-bond acceptors (Lipinski definition) is 5. The first-order valence-corrected chi connectivity index (χ1v) is 8.92. The van der Waals surface area contributed by atoms with Crippen LogP contribution in [0.3, 0.4) is 0 Å². The number of carbonyl (C=O) groups is 1. The number of benzene rings is 1. The van der Waals surface area contributed by atoms with Gasteiger partial charge in [0.05, 0.1) is 19.8 Å². The summed E-state index contributed by atoms with van der Waals surface area (Å²) in [5, 5.41) is 3.11. The van der Waals surface area contributed by atoms with Crippen molar-refractivity contribution in [1.82, 2.24) is 10.2 Å². The second-order valence-electron chi connectivity index (χ2n) is 7.08. The number of methoxy groups -OCH3 is 2. The van der Waals surface area contributed by atoms with Crippen molar-refractivity contribution in [2.45, 2.75) is 51.2 Å². The molecule has 0 bridgehead atoms. The molecule has 6 nitrogen and oxygen atoms in total. The first kappa shape index (κ1) is 22.5. The first-order chi connectivity index (χ1) is 11.9. The Kier molecular flexibility index (Phi) is 8.67. The molecule has 148 valence electrons. The molecule has 2 atom stereocenters. The van der Waals surface area contributed by atoms with E-state index in [1.165, 1.54) is 0 Å². The maximum atomic E-state index is 12.4. The molecular weight excluding hydrogens is 354 g/mol. The van der Waals surface area contributed by atoms with Crippen molar-refractivity contribution in [3.8, 4) is 11.5 Å². The SMILES string of the molecule is CCCC(C)(N)C(=O)NC1CCN(Cc2cc(OC)cc(OC)c2)C1.Cl. The van der Waals surface area contributed by atoms with Gasteiger partial charge in [0, 0.05) is 31.7 Å². The third kappa shape index (κ3) is 6.04. The van der Waals surface area contributed by atoms with Crippen LogP contribution in [0.2, 0.25) is 0 Å². The Morgan fingerprint density at radius 3 is 2.46 bits per heavy atom. The van der Waals surface area contributed by atoms with E-state index in [1.807, 2.05) is 25.1 Å². The highest BCUT2D eigenvalue weighted by atomic mass is 35.5. The van der Waals surface area contributed by atoms with Gasteiger partial charge in [-0.05, 0) is 37.5 Å². The highest BCUT2D eigenvalue weighted by Gasteiger charge is 2.31. The molecule has 0 spiro atoms. The van der Waals surface area contributed by atoms with Gasteiger partial charge in [-0.3, -0.25) is 9.69 Å². The molecule has 0 aromatic heterocycles. The van der Waals surface area contributed by atoms with E-state index < -0.39 is 5.54 Å². The van der Waals surface area contributed by atoms with Crippen molar-refractivity contribution in [3.05, 3.63) is 23.8 Å². The van der Waals surface area contributed by atoms with Crippen molar-refractivity contribution in [3.63, 3.8) is 0 Å². The van der Waals surface area contributed by atoms with Crippen LogP contribution >= 0.6 is 12.4 Å². The van der Waals surface area contributed by atoms with Crippen LogP contribution in [0.1, 0.15) is 38.7 Å². The molecule has 0 aliphatic carbocycles. The standard InChI is InChI=1S/C19H31N3O3.ClH/c1-5-7-19(2,20)18(23)21-15-6-8-22(13-15)12-14-9-16(24-3)11-17(10-14)25-4;/h9-11,15H,5-8,12-13,20H2,1-4H3,(H,21,23);1H. The third-order valence-electron chi connectivity index (χ3n) is 4.71. The Labute approximate surface area is 162 Å². The molecule has 1 fully saturated rings. The number of nitrogens with two attached hydrogens (primary N) is 1. The van der Waals surface area contributed by atoms with Crippen molar-refractivity contribution < 1.29 is 14.3 Å². The Balaban J connectivity index is 0.00000338. The van der Waals surface area contributed by atoms with Crippen molar-refractivity contribution in [2.75, 3.05) is 27.3 Å². The lowest BCUT2D eigenvalue weighted by molar-refractivity contribution is -0.126. The molecule has 2 unspecified atom stereocenters. The zero-order valence-electron chi connectivity index (χ0n) is 16.2. The van der Waals surface area contributed by atoms with Crippen molar-refractivity contribution in [2.24, 2.45) is 5.73 Å². The van der Waals surface area contributed by atoms with Gasteiger partial charge < -0.3 is 20.5 Å². The van der Waals surface area contributed by atoms with E-state index in [0.29, 0.717) is 6.42 Å². The molecule has 0 radical (unpaired) electrons. The van der Waals surface area contributed by atoms with Crippen LogP contribution in [0.4, 0.5) is 0 Å². The predicted molar refractivity (Wildman–Crippen MR) is 106 cm³/mol. The van der Waals surface area contributed by atoms with Gasteiger partial charge >= 0.3 is 0 Å². The van der Waals surface area contributed by atoms with Gasteiger partial charge in [0.2, 0.25) is 5.91 Å². The minimum atomic E-state index is -0.789. The molecule has 1 heterocycles. The van der Waals surface area contributed by atoms with Gasteiger partial charge in [0.25, 0.3) is 0 Å². The summed E-state index contributed by atoms with van der Waals surface area (Å²) in [6, 6.07) is 6.06. The maximum Gasteiger partial charge on any atom is 0.240 e. The normalized spacial score (nSPS) is 19.3. The van der Waals surface area contributed by atoms with Crippen LogP contribution in [0, 0.1) is 0 Å². The summed E-state index contributed by atoms with van der Waals surface area (Å²) in [6.45, 7) is 6.42. The average molecular weight is 386 g/mol. The Morgan fingerprint density at radius 1 is 1.31 bits per heavy atom. The summed E-state index contributed by atoms with van der Waals surface area (Å²) in [6.07, 6.45) is 2.53. The molecule has 0 saturated carbocycles. The molecule has 3 N–H and O–H groups in total. The molecule has 1 aliphatic heterocycles. The summed E-state index contributed by atoms with van der Waals surface area (Å²) in [5.41, 5.74) is 6.47. The highest BCUT2D eigenvalue weighted by molar-refractivity contribution is 5.86. The first-order valence-electron chi connectivity index (χ1n) is 8.92. The Bertz CT molecular complexity index is 573. The van der Waals surface area contributed by atoms with Gasteiger partial charge in [-0.25, -0.2) is 0 Å². The summed E-state index contributed by atoms with van der Waals surface area (Å²) >= 11 is 0. The number of rotatable bonds is 8. The van der Waals surface area contributed by atoms with Crippen LogP contribution in [-0.2, 0) is 11.3 Å². The van der Waals surface area contributed by atoms with Gasteiger partial charge in [-0.2, -0.15) is 0 Å². The Hall–Kier alpha value is -1.50. The predicted octanol–water partition coefficient (Wildman–Crippen LogP) is 2.33. The van der Waals surface area contributed by atoms with Crippen LogP contribution in [0.5, 0.6) is 11.5 Å². The molecule has 1 aromatic carbocycles. The van der Waals surface area contributed by atoms with E-state index in [9.17, 15) is 4.79 Å². The van der Waals surface area contributed by atoms with Gasteiger partial charge in [0.15, 0.2) is 0 Å². The number of hydrogen-bond donors (Lipinski definition) is 2. The maximum absolute atomic E-state index is 12.4. The molecule has 1 amide bonds.